The summed E-state index contributed by atoms with van der Waals surface area (Å²) in [4.78, 5) is 14.2. The average molecular weight is 245 g/mol. The molecule has 18 heavy (non-hydrogen) atoms. The highest BCUT2D eigenvalue weighted by Crippen LogP contribution is 2.54. The Morgan fingerprint density at radius 1 is 1.22 bits per heavy atom. The summed E-state index contributed by atoms with van der Waals surface area (Å²) in [5.74, 6) is 2.90. The fourth-order valence-corrected chi connectivity index (χ4v) is 3.22. The minimum atomic E-state index is 0.226. The number of amides is 1. The largest absolute Gasteiger partial charge is 0.495 e. The molecule has 0 saturated heterocycles. The van der Waals surface area contributed by atoms with Gasteiger partial charge in [-0.15, -0.1) is 0 Å². The summed E-state index contributed by atoms with van der Waals surface area (Å²) >= 11 is 0. The fourth-order valence-electron chi connectivity index (χ4n) is 3.22. The summed E-state index contributed by atoms with van der Waals surface area (Å²) in [7, 11) is 3.49. The van der Waals surface area contributed by atoms with E-state index in [1.165, 1.54) is 6.42 Å². The van der Waals surface area contributed by atoms with E-state index in [0.29, 0.717) is 0 Å². The van der Waals surface area contributed by atoms with E-state index in [0.717, 1.165) is 36.1 Å². The predicted molar refractivity (Wildman–Crippen MR) is 70.7 cm³/mol. The van der Waals surface area contributed by atoms with Crippen molar-refractivity contribution in [3.05, 3.63) is 24.3 Å². The van der Waals surface area contributed by atoms with Crippen LogP contribution in [0.1, 0.15) is 19.3 Å². The molecule has 2 unspecified atom stereocenters. The number of hydrogen-bond donors (Lipinski definition) is 0. The van der Waals surface area contributed by atoms with Crippen molar-refractivity contribution in [3.8, 4) is 5.75 Å². The first-order chi connectivity index (χ1) is 8.70. The van der Waals surface area contributed by atoms with E-state index >= 15 is 0 Å². The molecular formula is C15H19NO2. The van der Waals surface area contributed by atoms with Crippen LogP contribution < -0.4 is 9.64 Å². The molecule has 3 rings (SSSR count). The number of benzene rings is 1. The van der Waals surface area contributed by atoms with Crippen molar-refractivity contribution < 1.29 is 9.53 Å². The van der Waals surface area contributed by atoms with Gasteiger partial charge in [-0.3, -0.25) is 4.79 Å². The lowest BCUT2D eigenvalue weighted by Gasteiger charge is -2.23. The number of ether oxygens (including phenoxy) is 1. The third-order valence-corrected chi connectivity index (χ3v) is 4.37. The molecule has 0 aromatic heterocycles. The SMILES string of the molecule is COc1ccccc1N(C)C(=O)C1CC2CC2C1. The van der Waals surface area contributed by atoms with Crippen molar-refractivity contribution in [2.75, 3.05) is 19.1 Å². The minimum Gasteiger partial charge on any atom is -0.495 e. The van der Waals surface area contributed by atoms with Crippen molar-refractivity contribution in [1.29, 1.82) is 0 Å². The van der Waals surface area contributed by atoms with Crippen molar-refractivity contribution in [1.82, 2.24) is 0 Å². The average Bonchev–Trinajstić information content (AvgIpc) is 3.03. The van der Waals surface area contributed by atoms with Crippen LogP contribution in [-0.2, 0) is 4.79 Å². The highest BCUT2D eigenvalue weighted by Gasteiger charge is 2.48. The molecule has 0 radical (unpaired) electrons. The van der Waals surface area contributed by atoms with Gasteiger partial charge in [0.25, 0.3) is 0 Å². The molecule has 2 atom stereocenters. The van der Waals surface area contributed by atoms with Gasteiger partial charge in [0.2, 0.25) is 5.91 Å². The van der Waals surface area contributed by atoms with E-state index in [4.69, 9.17) is 4.74 Å². The Hall–Kier alpha value is -1.51. The summed E-state index contributed by atoms with van der Waals surface area (Å²) in [6.45, 7) is 0. The van der Waals surface area contributed by atoms with Crippen LogP contribution in [0.15, 0.2) is 24.3 Å². The lowest BCUT2D eigenvalue weighted by Crippen LogP contribution is -2.32. The highest BCUT2D eigenvalue weighted by atomic mass is 16.5. The van der Waals surface area contributed by atoms with E-state index in [1.54, 1.807) is 12.0 Å². The molecule has 3 nitrogen and oxygen atoms in total. The minimum absolute atomic E-state index is 0.226. The lowest BCUT2D eigenvalue weighted by atomic mass is 10.0. The maximum atomic E-state index is 12.5. The van der Waals surface area contributed by atoms with Gasteiger partial charge in [-0.25, -0.2) is 0 Å². The second-order valence-corrected chi connectivity index (χ2v) is 5.49. The number of para-hydroxylation sites is 2. The molecule has 0 bridgehead atoms. The molecular weight excluding hydrogens is 226 g/mol. The summed E-state index contributed by atoms with van der Waals surface area (Å²) in [6, 6.07) is 7.69. The van der Waals surface area contributed by atoms with Crippen molar-refractivity contribution in [3.63, 3.8) is 0 Å². The smallest absolute Gasteiger partial charge is 0.229 e. The van der Waals surface area contributed by atoms with E-state index in [-0.39, 0.29) is 11.8 Å². The number of anilines is 1. The molecule has 0 heterocycles. The number of methoxy groups -OCH3 is 1. The van der Waals surface area contributed by atoms with Gasteiger partial charge in [-0.1, -0.05) is 12.1 Å². The Bertz CT molecular complexity index is 461. The Labute approximate surface area is 108 Å². The van der Waals surface area contributed by atoms with Crippen molar-refractivity contribution >= 4 is 11.6 Å². The lowest BCUT2D eigenvalue weighted by molar-refractivity contribution is -0.122. The van der Waals surface area contributed by atoms with Gasteiger partial charge in [-0.2, -0.15) is 0 Å². The van der Waals surface area contributed by atoms with Crippen LogP contribution in [-0.4, -0.2) is 20.1 Å². The molecule has 1 aromatic carbocycles. The van der Waals surface area contributed by atoms with E-state index in [2.05, 4.69) is 0 Å². The first-order valence-electron chi connectivity index (χ1n) is 6.61. The van der Waals surface area contributed by atoms with Crippen LogP contribution in [0, 0.1) is 17.8 Å². The van der Waals surface area contributed by atoms with Crippen LogP contribution >= 0.6 is 0 Å². The van der Waals surface area contributed by atoms with E-state index < -0.39 is 0 Å². The first kappa shape index (κ1) is 11.6. The monoisotopic (exact) mass is 245 g/mol. The Balaban J connectivity index is 1.76. The molecule has 2 aliphatic carbocycles. The van der Waals surface area contributed by atoms with Gasteiger partial charge in [-0.05, 0) is 43.2 Å². The molecule has 0 aliphatic heterocycles. The molecule has 96 valence electrons. The zero-order chi connectivity index (χ0) is 12.7. The van der Waals surface area contributed by atoms with Crippen LogP contribution in [0.25, 0.3) is 0 Å². The number of carbonyl (C=O) groups is 1. The maximum Gasteiger partial charge on any atom is 0.229 e. The molecule has 0 N–H and O–H groups in total. The van der Waals surface area contributed by atoms with Crippen LogP contribution in [0.2, 0.25) is 0 Å². The third-order valence-electron chi connectivity index (χ3n) is 4.37. The number of nitrogens with zero attached hydrogens (tertiary/aromatic N) is 1. The van der Waals surface area contributed by atoms with Gasteiger partial charge < -0.3 is 9.64 Å². The molecule has 2 saturated carbocycles. The molecule has 0 spiro atoms. The van der Waals surface area contributed by atoms with Crippen molar-refractivity contribution in [2.45, 2.75) is 19.3 Å². The number of fused-ring (bicyclic) bond motifs is 1. The number of rotatable bonds is 3. The predicted octanol–water partition coefficient (Wildman–Crippen LogP) is 2.70. The second-order valence-electron chi connectivity index (χ2n) is 5.49. The zero-order valence-corrected chi connectivity index (χ0v) is 10.9. The van der Waals surface area contributed by atoms with Crippen molar-refractivity contribution in [2.24, 2.45) is 17.8 Å². The molecule has 2 fully saturated rings. The fraction of sp³-hybridized carbons (Fsp3) is 0.533. The van der Waals surface area contributed by atoms with Gasteiger partial charge in [0.1, 0.15) is 5.75 Å². The maximum absolute atomic E-state index is 12.5. The van der Waals surface area contributed by atoms with Gasteiger partial charge >= 0.3 is 0 Å². The topological polar surface area (TPSA) is 29.5 Å². The van der Waals surface area contributed by atoms with E-state index in [1.807, 2.05) is 31.3 Å². The van der Waals surface area contributed by atoms with Gasteiger partial charge in [0.15, 0.2) is 0 Å². The third kappa shape index (κ3) is 1.88. The Kier molecular flexibility index (Phi) is 2.77. The van der Waals surface area contributed by atoms with Crippen LogP contribution in [0.4, 0.5) is 5.69 Å². The molecule has 2 aliphatic rings. The summed E-state index contributed by atoms with van der Waals surface area (Å²) in [5.41, 5.74) is 0.866. The summed E-state index contributed by atoms with van der Waals surface area (Å²) < 4.78 is 5.32. The Morgan fingerprint density at radius 3 is 2.56 bits per heavy atom. The van der Waals surface area contributed by atoms with Gasteiger partial charge in [0, 0.05) is 13.0 Å². The highest BCUT2D eigenvalue weighted by molar-refractivity contribution is 5.96. The first-order valence-corrected chi connectivity index (χ1v) is 6.61. The Morgan fingerprint density at radius 2 is 1.89 bits per heavy atom. The number of carbonyl (C=O) groups excluding carboxylic acids is 1. The quantitative estimate of drug-likeness (QED) is 0.819. The van der Waals surface area contributed by atoms with Crippen LogP contribution in [0.3, 0.4) is 0 Å². The second kappa shape index (κ2) is 4.30. The molecule has 3 heteroatoms. The summed E-state index contributed by atoms with van der Waals surface area (Å²) in [5, 5.41) is 0. The molecule has 1 amide bonds. The van der Waals surface area contributed by atoms with Gasteiger partial charge in [0.05, 0.1) is 12.8 Å². The zero-order valence-electron chi connectivity index (χ0n) is 10.9. The summed E-state index contributed by atoms with van der Waals surface area (Å²) in [6.07, 6.45) is 3.52. The number of hydrogen-bond acceptors (Lipinski definition) is 2. The normalized spacial score (nSPS) is 28.7. The standard InChI is InChI=1S/C15H19NO2/c1-16(13-5-3-4-6-14(13)18-2)15(17)12-8-10-7-11(10)9-12/h3-6,10-12H,7-9H2,1-2H3. The van der Waals surface area contributed by atoms with Crippen LogP contribution in [0.5, 0.6) is 5.75 Å². The van der Waals surface area contributed by atoms with E-state index in [9.17, 15) is 4.79 Å². The molecule has 1 aromatic rings.